The van der Waals surface area contributed by atoms with Crippen LogP contribution in [0.15, 0.2) is 30.3 Å². The smallest absolute Gasteiger partial charge is 0.257 e. The first-order chi connectivity index (χ1) is 12.7. The second-order valence-corrected chi connectivity index (χ2v) is 5.91. The number of carbonyl (C=O) groups excluding carboxylic acids is 2. The third-order valence-corrected chi connectivity index (χ3v) is 3.75. The van der Waals surface area contributed by atoms with E-state index < -0.39 is 29.6 Å². The van der Waals surface area contributed by atoms with Crippen LogP contribution in [0, 0.1) is 11.6 Å². The summed E-state index contributed by atoms with van der Waals surface area (Å²) in [4.78, 5) is 24.2. The monoisotopic (exact) mass is 398 g/mol. The Morgan fingerprint density at radius 1 is 1.15 bits per heavy atom. The molecule has 27 heavy (non-hydrogen) atoms. The SMILES string of the molecule is CCOc1ccc(NC(=O)[C@H](C)O)c(NC(=O)c2cc(F)c(F)cc2Cl)c1. The molecule has 144 valence electrons. The predicted octanol–water partition coefficient (Wildman–Crippen LogP) is 3.59. The van der Waals surface area contributed by atoms with E-state index in [1.807, 2.05) is 0 Å². The van der Waals surface area contributed by atoms with E-state index >= 15 is 0 Å². The zero-order valence-electron chi connectivity index (χ0n) is 14.5. The number of amides is 2. The molecule has 9 heteroatoms. The number of hydrogen-bond acceptors (Lipinski definition) is 4. The number of rotatable bonds is 6. The first-order valence-corrected chi connectivity index (χ1v) is 8.32. The summed E-state index contributed by atoms with van der Waals surface area (Å²) in [6.07, 6.45) is -1.28. The third-order valence-electron chi connectivity index (χ3n) is 3.44. The second kappa shape index (κ2) is 8.79. The van der Waals surface area contributed by atoms with E-state index in [0.29, 0.717) is 24.5 Å². The molecule has 0 heterocycles. The van der Waals surface area contributed by atoms with Crippen molar-refractivity contribution in [1.82, 2.24) is 0 Å². The predicted molar refractivity (Wildman–Crippen MR) is 97.2 cm³/mol. The minimum atomic E-state index is -1.28. The molecule has 1 atom stereocenters. The topological polar surface area (TPSA) is 87.7 Å². The van der Waals surface area contributed by atoms with Crippen LogP contribution >= 0.6 is 11.6 Å². The molecular weight excluding hydrogens is 382 g/mol. The Morgan fingerprint density at radius 3 is 2.44 bits per heavy atom. The van der Waals surface area contributed by atoms with E-state index in [1.54, 1.807) is 13.0 Å². The Morgan fingerprint density at radius 2 is 1.81 bits per heavy atom. The van der Waals surface area contributed by atoms with Crippen molar-refractivity contribution in [2.75, 3.05) is 17.2 Å². The number of carbonyl (C=O) groups is 2. The van der Waals surface area contributed by atoms with E-state index in [0.717, 1.165) is 0 Å². The molecule has 0 saturated heterocycles. The lowest BCUT2D eigenvalue weighted by Crippen LogP contribution is -2.25. The van der Waals surface area contributed by atoms with Crippen LogP contribution in [0.5, 0.6) is 5.75 Å². The summed E-state index contributed by atoms with van der Waals surface area (Å²) in [7, 11) is 0. The Kier molecular flexibility index (Phi) is 6.70. The van der Waals surface area contributed by atoms with E-state index in [1.165, 1.54) is 19.1 Å². The van der Waals surface area contributed by atoms with Crippen molar-refractivity contribution in [2.24, 2.45) is 0 Å². The lowest BCUT2D eigenvalue weighted by Gasteiger charge is -2.15. The summed E-state index contributed by atoms with van der Waals surface area (Å²) >= 11 is 5.81. The van der Waals surface area contributed by atoms with Crippen LogP contribution in [0.25, 0.3) is 0 Å². The van der Waals surface area contributed by atoms with Crippen LogP contribution in [-0.2, 0) is 4.79 Å². The van der Waals surface area contributed by atoms with Gasteiger partial charge in [-0.3, -0.25) is 9.59 Å². The van der Waals surface area contributed by atoms with Gasteiger partial charge in [0.25, 0.3) is 11.8 Å². The molecule has 0 saturated carbocycles. The number of nitrogens with one attached hydrogen (secondary N) is 2. The minimum Gasteiger partial charge on any atom is -0.494 e. The number of aliphatic hydroxyl groups excluding tert-OH is 1. The zero-order chi connectivity index (χ0) is 20.1. The Bertz CT molecular complexity index is 875. The highest BCUT2D eigenvalue weighted by atomic mass is 35.5. The number of anilines is 2. The van der Waals surface area contributed by atoms with Gasteiger partial charge in [-0.25, -0.2) is 8.78 Å². The molecule has 0 spiro atoms. The molecule has 0 fully saturated rings. The zero-order valence-corrected chi connectivity index (χ0v) is 15.2. The molecule has 2 rings (SSSR count). The van der Waals surface area contributed by atoms with Gasteiger partial charge < -0.3 is 20.5 Å². The average molecular weight is 399 g/mol. The number of benzene rings is 2. The summed E-state index contributed by atoms with van der Waals surface area (Å²) in [6, 6.07) is 5.83. The number of ether oxygens (including phenoxy) is 1. The molecule has 0 aliphatic rings. The van der Waals surface area contributed by atoms with Crippen LogP contribution in [-0.4, -0.2) is 29.6 Å². The molecule has 0 bridgehead atoms. The van der Waals surface area contributed by atoms with Crippen LogP contribution < -0.4 is 15.4 Å². The Hall–Kier alpha value is -2.71. The molecule has 2 aromatic rings. The van der Waals surface area contributed by atoms with E-state index in [9.17, 15) is 23.5 Å². The average Bonchev–Trinajstić information content (AvgIpc) is 2.60. The molecule has 2 aromatic carbocycles. The van der Waals surface area contributed by atoms with Gasteiger partial charge in [0.15, 0.2) is 11.6 Å². The van der Waals surface area contributed by atoms with Gasteiger partial charge in [0.2, 0.25) is 0 Å². The van der Waals surface area contributed by atoms with Gasteiger partial charge >= 0.3 is 0 Å². The van der Waals surface area contributed by atoms with Crippen molar-refractivity contribution in [1.29, 1.82) is 0 Å². The third kappa shape index (κ3) is 5.15. The highest BCUT2D eigenvalue weighted by Gasteiger charge is 2.18. The molecule has 2 amide bonds. The highest BCUT2D eigenvalue weighted by Crippen LogP contribution is 2.29. The van der Waals surface area contributed by atoms with Crippen molar-refractivity contribution < 1.29 is 28.2 Å². The van der Waals surface area contributed by atoms with Gasteiger partial charge in [-0.2, -0.15) is 0 Å². The molecule has 3 N–H and O–H groups in total. The maximum Gasteiger partial charge on any atom is 0.257 e. The maximum atomic E-state index is 13.4. The standard InChI is InChI=1S/C18H17ClF2N2O4/c1-3-27-10-4-5-15(22-17(25)9(2)24)16(6-10)23-18(26)11-7-13(20)14(21)8-12(11)19/h4-9,24H,3H2,1-2H3,(H,22,25)(H,23,26)/t9-/m0/s1. The van der Waals surface area contributed by atoms with Crippen LogP contribution in [0.1, 0.15) is 24.2 Å². The van der Waals surface area contributed by atoms with Gasteiger partial charge in [0.1, 0.15) is 11.9 Å². The first-order valence-electron chi connectivity index (χ1n) is 7.94. The second-order valence-electron chi connectivity index (χ2n) is 5.51. The van der Waals surface area contributed by atoms with Crippen molar-refractivity contribution in [2.45, 2.75) is 20.0 Å². The lowest BCUT2D eigenvalue weighted by atomic mass is 10.1. The normalized spacial score (nSPS) is 11.6. The van der Waals surface area contributed by atoms with E-state index in [2.05, 4.69) is 10.6 Å². The lowest BCUT2D eigenvalue weighted by molar-refractivity contribution is -0.123. The van der Waals surface area contributed by atoms with Crippen molar-refractivity contribution in [3.05, 3.63) is 52.6 Å². The van der Waals surface area contributed by atoms with Gasteiger partial charge in [-0.15, -0.1) is 0 Å². The molecule has 0 unspecified atom stereocenters. The summed E-state index contributed by atoms with van der Waals surface area (Å²) < 4.78 is 32.0. The number of hydrogen-bond donors (Lipinski definition) is 3. The van der Waals surface area contributed by atoms with Gasteiger partial charge in [0.05, 0.1) is 28.6 Å². The summed E-state index contributed by atoms with van der Waals surface area (Å²) in [5, 5.41) is 14.0. The minimum absolute atomic E-state index is 0.126. The quantitative estimate of drug-likeness (QED) is 0.649. The largest absolute Gasteiger partial charge is 0.494 e. The summed E-state index contributed by atoms with van der Waals surface area (Å²) in [5.74, 6) is -3.52. The first kappa shape index (κ1) is 20.6. The molecule has 0 aliphatic carbocycles. The van der Waals surface area contributed by atoms with E-state index in [-0.39, 0.29) is 22.0 Å². The van der Waals surface area contributed by atoms with Gasteiger partial charge in [-0.05, 0) is 38.1 Å². The molecular formula is C18H17ClF2N2O4. The maximum absolute atomic E-state index is 13.4. The molecule has 0 aliphatic heterocycles. The fourth-order valence-electron chi connectivity index (χ4n) is 2.12. The Balaban J connectivity index is 2.37. The van der Waals surface area contributed by atoms with Gasteiger partial charge in [-0.1, -0.05) is 11.6 Å². The highest BCUT2D eigenvalue weighted by molar-refractivity contribution is 6.34. The van der Waals surface area contributed by atoms with Crippen LogP contribution in [0.2, 0.25) is 5.02 Å². The number of halogens is 3. The fourth-order valence-corrected chi connectivity index (χ4v) is 2.35. The fraction of sp³-hybridized carbons (Fsp3) is 0.222. The summed E-state index contributed by atoms with van der Waals surface area (Å²) in [5.41, 5.74) is 0.0161. The molecule has 0 radical (unpaired) electrons. The van der Waals surface area contributed by atoms with Crippen molar-refractivity contribution in [3.63, 3.8) is 0 Å². The van der Waals surface area contributed by atoms with Crippen LogP contribution in [0.3, 0.4) is 0 Å². The molecule has 6 nitrogen and oxygen atoms in total. The van der Waals surface area contributed by atoms with Crippen LogP contribution in [0.4, 0.5) is 20.2 Å². The summed E-state index contributed by atoms with van der Waals surface area (Å²) in [6.45, 7) is 3.41. The number of aliphatic hydroxyl groups is 1. The van der Waals surface area contributed by atoms with Crippen molar-refractivity contribution in [3.8, 4) is 5.75 Å². The van der Waals surface area contributed by atoms with Gasteiger partial charge in [0, 0.05) is 6.07 Å². The van der Waals surface area contributed by atoms with Crippen molar-refractivity contribution >= 4 is 34.8 Å². The molecule has 0 aromatic heterocycles. The van der Waals surface area contributed by atoms with E-state index in [4.69, 9.17) is 16.3 Å². The Labute approximate surface area is 159 Å².